The number of carbonyl (C=O) groups is 2. The van der Waals surface area contributed by atoms with E-state index in [2.05, 4.69) is 21.6 Å². The Morgan fingerprint density at radius 1 is 1.06 bits per heavy atom. The van der Waals surface area contributed by atoms with Crippen molar-refractivity contribution in [3.05, 3.63) is 53.1 Å². The van der Waals surface area contributed by atoms with Crippen molar-refractivity contribution in [2.45, 2.75) is 31.6 Å². The average Bonchev–Trinajstić information content (AvgIpc) is 3.24. The van der Waals surface area contributed by atoms with Gasteiger partial charge in [-0.25, -0.2) is 0 Å². The average molecular weight is 455 g/mol. The molecule has 0 bridgehead atoms. The Morgan fingerprint density at radius 2 is 1.84 bits per heavy atom. The summed E-state index contributed by atoms with van der Waals surface area (Å²) < 4.78 is 5.42. The largest absolute Gasteiger partial charge is 0.379 e. The lowest BCUT2D eigenvalue weighted by molar-refractivity contribution is -0.128. The molecule has 2 unspecified atom stereocenters. The summed E-state index contributed by atoms with van der Waals surface area (Å²) in [5.41, 5.74) is 4.12. The van der Waals surface area contributed by atoms with Crippen molar-refractivity contribution in [2.24, 2.45) is 0 Å². The van der Waals surface area contributed by atoms with E-state index in [0.717, 1.165) is 41.9 Å². The number of fused-ring (bicyclic) bond motifs is 1. The lowest BCUT2D eigenvalue weighted by Gasteiger charge is -2.40. The first kappa shape index (κ1) is 21.4. The second-order valence-electron chi connectivity index (χ2n) is 8.44. The maximum atomic E-state index is 13.3. The standard InChI is InChI=1S/C24H27ClN4O3/c25-19-6-2-1-4-17(19)16-5-3-7-20-18(16)8-9-29(20)24(31)14-21-26-22(15-23(30)27-21)28-10-12-32-13-11-28/h1-7,21-22,26H,8-15H2,(H,27,30). The number of ether oxygens (including phenoxy) is 1. The molecule has 168 valence electrons. The van der Waals surface area contributed by atoms with Crippen molar-refractivity contribution in [2.75, 3.05) is 37.7 Å². The summed E-state index contributed by atoms with van der Waals surface area (Å²) in [6, 6.07) is 13.8. The smallest absolute Gasteiger partial charge is 0.230 e. The highest BCUT2D eigenvalue weighted by molar-refractivity contribution is 6.33. The van der Waals surface area contributed by atoms with E-state index in [4.69, 9.17) is 16.3 Å². The Kier molecular flexibility index (Phi) is 6.15. The van der Waals surface area contributed by atoms with Gasteiger partial charge in [-0.05, 0) is 29.7 Å². The molecule has 8 heteroatoms. The number of morpholine rings is 1. The third kappa shape index (κ3) is 4.26. The molecular formula is C24H27ClN4O3. The maximum absolute atomic E-state index is 13.3. The number of nitrogens with one attached hydrogen (secondary N) is 2. The van der Waals surface area contributed by atoms with Gasteiger partial charge in [0.1, 0.15) is 0 Å². The molecular weight excluding hydrogens is 428 g/mol. The first-order valence-electron chi connectivity index (χ1n) is 11.1. The molecule has 2 aromatic carbocycles. The number of anilines is 1. The van der Waals surface area contributed by atoms with E-state index in [0.29, 0.717) is 31.2 Å². The van der Waals surface area contributed by atoms with Crippen LogP contribution < -0.4 is 15.5 Å². The number of halogens is 1. The van der Waals surface area contributed by atoms with E-state index in [1.807, 2.05) is 41.3 Å². The highest BCUT2D eigenvalue weighted by Gasteiger charge is 2.34. The van der Waals surface area contributed by atoms with Gasteiger partial charge in [0, 0.05) is 35.9 Å². The number of rotatable bonds is 4. The van der Waals surface area contributed by atoms with E-state index >= 15 is 0 Å². The molecule has 0 aromatic heterocycles. The van der Waals surface area contributed by atoms with Crippen molar-refractivity contribution >= 4 is 29.1 Å². The first-order chi connectivity index (χ1) is 15.6. The molecule has 2 amide bonds. The number of nitrogens with zero attached hydrogens (tertiary/aromatic N) is 2. The molecule has 3 aliphatic rings. The Hall–Kier alpha value is -2.45. The fourth-order valence-corrected chi connectivity index (χ4v) is 5.14. The van der Waals surface area contributed by atoms with E-state index in [-0.39, 0.29) is 30.6 Å². The molecule has 0 spiro atoms. The van der Waals surface area contributed by atoms with Gasteiger partial charge < -0.3 is 15.0 Å². The predicted octanol–water partition coefficient (Wildman–Crippen LogP) is 2.38. The molecule has 0 radical (unpaired) electrons. The zero-order valence-corrected chi connectivity index (χ0v) is 18.6. The summed E-state index contributed by atoms with van der Waals surface area (Å²) in [5, 5.41) is 7.09. The molecule has 2 fully saturated rings. The van der Waals surface area contributed by atoms with Gasteiger partial charge >= 0.3 is 0 Å². The molecule has 7 nitrogen and oxygen atoms in total. The zero-order chi connectivity index (χ0) is 22.1. The van der Waals surface area contributed by atoms with Gasteiger partial charge in [-0.2, -0.15) is 0 Å². The fourth-order valence-electron chi connectivity index (χ4n) is 4.91. The lowest BCUT2D eigenvalue weighted by Crippen LogP contribution is -2.63. The minimum absolute atomic E-state index is 0.000450. The number of benzene rings is 2. The molecule has 0 aliphatic carbocycles. The van der Waals surface area contributed by atoms with Crippen LogP contribution in [-0.4, -0.2) is 61.9 Å². The van der Waals surface area contributed by atoms with Crippen molar-refractivity contribution < 1.29 is 14.3 Å². The van der Waals surface area contributed by atoms with Crippen LogP contribution >= 0.6 is 11.6 Å². The summed E-state index contributed by atoms with van der Waals surface area (Å²) in [6.07, 6.45) is 0.930. The van der Waals surface area contributed by atoms with Crippen molar-refractivity contribution in [3.63, 3.8) is 0 Å². The third-order valence-electron chi connectivity index (χ3n) is 6.47. The molecule has 2 N–H and O–H groups in total. The molecule has 2 atom stereocenters. The molecule has 3 aliphatic heterocycles. The Labute approximate surface area is 192 Å². The van der Waals surface area contributed by atoms with Gasteiger partial charge in [0.05, 0.1) is 38.4 Å². The van der Waals surface area contributed by atoms with Crippen molar-refractivity contribution in [1.29, 1.82) is 0 Å². The van der Waals surface area contributed by atoms with Gasteiger partial charge in [0.25, 0.3) is 0 Å². The van der Waals surface area contributed by atoms with E-state index in [1.165, 1.54) is 0 Å². The maximum Gasteiger partial charge on any atom is 0.230 e. The summed E-state index contributed by atoms with van der Waals surface area (Å²) in [4.78, 5) is 29.6. The lowest BCUT2D eigenvalue weighted by atomic mass is 9.98. The fraction of sp³-hybridized carbons (Fsp3) is 0.417. The van der Waals surface area contributed by atoms with Gasteiger partial charge in [-0.15, -0.1) is 0 Å². The summed E-state index contributed by atoms with van der Waals surface area (Å²) in [5.74, 6) is -0.0265. The highest BCUT2D eigenvalue weighted by Crippen LogP contribution is 2.39. The van der Waals surface area contributed by atoms with Crippen molar-refractivity contribution in [3.8, 4) is 11.1 Å². The van der Waals surface area contributed by atoms with Crippen LogP contribution in [0.1, 0.15) is 18.4 Å². The quantitative estimate of drug-likeness (QED) is 0.742. The van der Waals surface area contributed by atoms with Gasteiger partial charge in [-0.1, -0.05) is 41.9 Å². The van der Waals surface area contributed by atoms with E-state index in [9.17, 15) is 9.59 Å². The Morgan fingerprint density at radius 3 is 2.66 bits per heavy atom. The van der Waals surface area contributed by atoms with Gasteiger partial charge in [0.15, 0.2) is 0 Å². The zero-order valence-electron chi connectivity index (χ0n) is 17.9. The number of hydrogen-bond donors (Lipinski definition) is 2. The summed E-state index contributed by atoms with van der Waals surface area (Å²) >= 11 is 6.44. The second-order valence-corrected chi connectivity index (χ2v) is 8.84. The van der Waals surface area contributed by atoms with Crippen LogP contribution in [0.2, 0.25) is 5.02 Å². The number of amides is 2. The normalized spacial score (nSPS) is 23.7. The first-order valence-corrected chi connectivity index (χ1v) is 11.5. The monoisotopic (exact) mass is 454 g/mol. The van der Waals surface area contributed by atoms with Crippen LogP contribution in [-0.2, 0) is 20.7 Å². The molecule has 2 saturated heterocycles. The van der Waals surface area contributed by atoms with Crippen LogP contribution in [0.4, 0.5) is 5.69 Å². The molecule has 32 heavy (non-hydrogen) atoms. The molecule has 3 heterocycles. The second kappa shape index (κ2) is 9.19. The van der Waals surface area contributed by atoms with E-state index < -0.39 is 0 Å². The molecule has 0 saturated carbocycles. The third-order valence-corrected chi connectivity index (χ3v) is 6.79. The number of hydrogen-bond acceptors (Lipinski definition) is 5. The van der Waals surface area contributed by atoms with Gasteiger partial charge in [0.2, 0.25) is 11.8 Å². The highest BCUT2D eigenvalue weighted by atomic mass is 35.5. The van der Waals surface area contributed by atoms with E-state index in [1.54, 1.807) is 0 Å². The predicted molar refractivity (Wildman–Crippen MR) is 123 cm³/mol. The molecule has 5 rings (SSSR count). The Bertz CT molecular complexity index is 1020. The van der Waals surface area contributed by atoms with Crippen LogP contribution in [0.5, 0.6) is 0 Å². The van der Waals surface area contributed by atoms with Crippen molar-refractivity contribution in [1.82, 2.24) is 15.5 Å². The minimum atomic E-state index is -0.382. The Balaban J connectivity index is 1.31. The number of carbonyl (C=O) groups excluding carboxylic acids is 2. The SMILES string of the molecule is O=C1CC(N2CCOCC2)NC(CC(=O)N2CCc3c(-c4ccccc4Cl)cccc32)N1. The van der Waals surface area contributed by atoms with Crippen LogP contribution in [0, 0.1) is 0 Å². The van der Waals surface area contributed by atoms with Crippen LogP contribution in [0.3, 0.4) is 0 Å². The molecule has 2 aromatic rings. The summed E-state index contributed by atoms with van der Waals surface area (Å²) in [7, 11) is 0. The summed E-state index contributed by atoms with van der Waals surface area (Å²) in [6.45, 7) is 3.54. The van der Waals surface area contributed by atoms with Crippen LogP contribution in [0.15, 0.2) is 42.5 Å². The topological polar surface area (TPSA) is 73.9 Å². The van der Waals surface area contributed by atoms with Crippen LogP contribution in [0.25, 0.3) is 11.1 Å². The minimum Gasteiger partial charge on any atom is -0.379 e. The van der Waals surface area contributed by atoms with Gasteiger partial charge in [-0.3, -0.25) is 19.8 Å².